The Labute approximate surface area is 113 Å². The Morgan fingerprint density at radius 2 is 1.84 bits per heavy atom. The second-order valence-electron chi connectivity index (χ2n) is 6.91. The zero-order chi connectivity index (χ0) is 13.0. The van der Waals surface area contributed by atoms with E-state index in [1.54, 1.807) is 0 Å². The number of amides is 1. The number of hydrogen-bond acceptors (Lipinski definition) is 3. The molecule has 0 spiro atoms. The molecule has 4 saturated carbocycles. The van der Waals surface area contributed by atoms with Crippen molar-refractivity contribution in [1.29, 1.82) is 0 Å². The first-order chi connectivity index (χ1) is 9.18. The lowest BCUT2D eigenvalue weighted by Gasteiger charge is -2.59. The van der Waals surface area contributed by atoms with Gasteiger partial charge in [-0.3, -0.25) is 9.69 Å². The summed E-state index contributed by atoms with van der Waals surface area (Å²) in [6, 6.07) is 1.88. The van der Waals surface area contributed by atoms with E-state index in [1.165, 1.54) is 19.3 Å². The van der Waals surface area contributed by atoms with Crippen molar-refractivity contribution in [2.45, 2.75) is 51.0 Å². The second-order valence-corrected chi connectivity index (χ2v) is 6.91. The summed E-state index contributed by atoms with van der Waals surface area (Å²) in [6.07, 6.45) is 8.58. The van der Waals surface area contributed by atoms with Crippen LogP contribution in [0.25, 0.3) is 0 Å². The maximum absolute atomic E-state index is 11.7. The highest BCUT2D eigenvalue weighted by molar-refractivity contribution is 5.75. The van der Waals surface area contributed by atoms with Gasteiger partial charge in [-0.1, -0.05) is 5.16 Å². The minimum Gasteiger partial charge on any atom is -0.360 e. The fraction of sp³-hybridized carbons (Fsp3) is 0.733. The van der Waals surface area contributed by atoms with Crippen LogP contribution in [0.1, 0.15) is 44.3 Å². The molecular weight excluding hydrogens is 240 g/mol. The number of rotatable bonds is 3. The van der Waals surface area contributed by atoms with Crippen LogP contribution in [0.5, 0.6) is 0 Å². The van der Waals surface area contributed by atoms with Crippen LogP contribution >= 0.6 is 0 Å². The number of nitrogens with zero attached hydrogens (tertiary/aromatic N) is 2. The predicted molar refractivity (Wildman–Crippen MR) is 70.7 cm³/mol. The Balaban J connectivity index is 1.71. The number of carbonyl (C=O) groups is 1. The van der Waals surface area contributed by atoms with E-state index in [1.807, 2.05) is 17.9 Å². The molecule has 4 aliphatic carbocycles. The van der Waals surface area contributed by atoms with Gasteiger partial charge in [0.15, 0.2) is 5.82 Å². The van der Waals surface area contributed by atoms with E-state index < -0.39 is 0 Å². The maximum atomic E-state index is 11.7. The van der Waals surface area contributed by atoms with Gasteiger partial charge in [-0.25, -0.2) is 0 Å². The van der Waals surface area contributed by atoms with Crippen molar-refractivity contribution in [3.8, 4) is 0 Å². The predicted octanol–water partition coefficient (Wildman–Crippen LogP) is 2.91. The van der Waals surface area contributed by atoms with Gasteiger partial charge < -0.3 is 4.52 Å². The summed E-state index contributed by atoms with van der Waals surface area (Å²) < 4.78 is 5.16. The third-order valence-corrected chi connectivity index (χ3v) is 5.48. The van der Waals surface area contributed by atoms with Crippen LogP contribution in [0, 0.1) is 24.7 Å². The van der Waals surface area contributed by atoms with E-state index in [4.69, 9.17) is 4.52 Å². The van der Waals surface area contributed by atoms with Gasteiger partial charge in [0.2, 0.25) is 6.41 Å². The van der Waals surface area contributed by atoms with Crippen LogP contribution in [-0.4, -0.2) is 17.1 Å². The van der Waals surface area contributed by atoms with Crippen molar-refractivity contribution in [2.24, 2.45) is 17.8 Å². The SMILES string of the molecule is Cc1cc(N(C=O)C23CC4CC(CC(C4)C2)C3)no1. The third-order valence-electron chi connectivity index (χ3n) is 5.48. The number of carbonyl (C=O) groups excluding carboxylic acids is 1. The van der Waals surface area contributed by atoms with Crippen LogP contribution in [0.2, 0.25) is 0 Å². The number of aryl methyl sites for hydroxylation is 1. The zero-order valence-electron chi connectivity index (χ0n) is 11.3. The molecule has 102 valence electrons. The van der Waals surface area contributed by atoms with Gasteiger partial charge in [-0.05, 0) is 63.2 Å². The lowest BCUT2D eigenvalue weighted by atomic mass is 9.52. The summed E-state index contributed by atoms with van der Waals surface area (Å²) in [7, 11) is 0. The molecule has 4 heteroatoms. The van der Waals surface area contributed by atoms with Crippen LogP contribution in [-0.2, 0) is 4.79 Å². The van der Waals surface area contributed by atoms with Crippen molar-refractivity contribution < 1.29 is 9.32 Å². The quantitative estimate of drug-likeness (QED) is 0.785. The molecule has 1 heterocycles. The minimum absolute atomic E-state index is 0.0276. The molecule has 4 bridgehead atoms. The molecule has 1 aromatic heterocycles. The first kappa shape index (κ1) is 11.5. The van der Waals surface area contributed by atoms with E-state index in [2.05, 4.69) is 5.16 Å². The first-order valence-electron chi connectivity index (χ1n) is 7.36. The lowest BCUT2D eigenvalue weighted by Crippen LogP contribution is -2.60. The van der Waals surface area contributed by atoms with Gasteiger partial charge in [0.1, 0.15) is 5.76 Å². The molecule has 19 heavy (non-hydrogen) atoms. The summed E-state index contributed by atoms with van der Waals surface area (Å²) in [4.78, 5) is 13.6. The smallest absolute Gasteiger partial charge is 0.215 e. The molecule has 0 unspecified atom stereocenters. The van der Waals surface area contributed by atoms with Gasteiger partial charge in [-0.2, -0.15) is 0 Å². The van der Waals surface area contributed by atoms with Gasteiger partial charge in [0, 0.05) is 11.6 Å². The molecule has 4 aliphatic rings. The highest BCUT2D eigenvalue weighted by Crippen LogP contribution is 2.58. The van der Waals surface area contributed by atoms with E-state index in [0.29, 0.717) is 5.82 Å². The molecular formula is C15H20N2O2. The van der Waals surface area contributed by atoms with Crippen LogP contribution < -0.4 is 4.90 Å². The van der Waals surface area contributed by atoms with Crippen LogP contribution in [0.15, 0.2) is 10.6 Å². The second kappa shape index (κ2) is 3.84. The summed E-state index contributed by atoms with van der Waals surface area (Å²) in [5, 5.41) is 4.06. The van der Waals surface area contributed by atoms with E-state index >= 15 is 0 Å². The molecule has 0 atom stereocenters. The van der Waals surface area contributed by atoms with Gasteiger partial charge in [0.25, 0.3) is 0 Å². The largest absolute Gasteiger partial charge is 0.360 e. The molecule has 4 nitrogen and oxygen atoms in total. The lowest BCUT2D eigenvalue weighted by molar-refractivity contribution is -0.111. The van der Waals surface area contributed by atoms with Crippen molar-refractivity contribution >= 4 is 12.2 Å². The van der Waals surface area contributed by atoms with Crippen LogP contribution in [0.4, 0.5) is 5.82 Å². The molecule has 0 N–H and O–H groups in total. The van der Waals surface area contributed by atoms with E-state index in [9.17, 15) is 4.79 Å². The first-order valence-corrected chi connectivity index (χ1v) is 7.36. The summed E-state index contributed by atoms with van der Waals surface area (Å²) >= 11 is 0. The standard InChI is InChI=1S/C15H20N2O2/c1-10-2-14(16-19-10)17(9-18)15-6-11-3-12(7-15)5-13(4-11)8-15/h2,9,11-13H,3-8H2,1H3. The molecule has 4 fully saturated rings. The fourth-order valence-electron chi connectivity index (χ4n) is 5.24. The Kier molecular flexibility index (Phi) is 2.32. The number of aromatic nitrogens is 1. The molecule has 0 radical (unpaired) electrons. The van der Waals surface area contributed by atoms with Crippen molar-refractivity contribution in [3.05, 3.63) is 11.8 Å². The minimum atomic E-state index is 0.0276. The van der Waals surface area contributed by atoms with Gasteiger partial charge >= 0.3 is 0 Å². The van der Waals surface area contributed by atoms with Crippen molar-refractivity contribution in [2.75, 3.05) is 4.90 Å². The maximum Gasteiger partial charge on any atom is 0.215 e. The molecule has 0 saturated heterocycles. The molecule has 1 aromatic rings. The summed E-state index contributed by atoms with van der Waals surface area (Å²) in [5.74, 6) is 3.94. The molecule has 1 amide bonds. The fourth-order valence-corrected chi connectivity index (χ4v) is 5.24. The summed E-state index contributed by atoms with van der Waals surface area (Å²) in [6.45, 7) is 1.87. The summed E-state index contributed by atoms with van der Waals surface area (Å²) in [5.41, 5.74) is 0.0276. The normalized spacial score (nSPS) is 39.5. The number of anilines is 1. The highest BCUT2D eigenvalue weighted by Gasteiger charge is 2.54. The van der Waals surface area contributed by atoms with Crippen molar-refractivity contribution in [1.82, 2.24) is 5.16 Å². The average Bonchev–Trinajstić information content (AvgIpc) is 2.74. The monoisotopic (exact) mass is 260 g/mol. The molecule has 0 aromatic carbocycles. The molecule has 5 rings (SSSR count). The van der Waals surface area contributed by atoms with E-state index in [-0.39, 0.29) is 5.54 Å². The average molecular weight is 260 g/mol. The van der Waals surface area contributed by atoms with Crippen molar-refractivity contribution in [3.63, 3.8) is 0 Å². The third kappa shape index (κ3) is 1.65. The Morgan fingerprint density at radius 1 is 1.26 bits per heavy atom. The van der Waals surface area contributed by atoms with Crippen LogP contribution in [0.3, 0.4) is 0 Å². The Hall–Kier alpha value is -1.32. The van der Waals surface area contributed by atoms with E-state index in [0.717, 1.165) is 49.2 Å². The number of hydrogen-bond donors (Lipinski definition) is 0. The Bertz CT molecular complexity index is 473. The topological polar surface area (TPSA) is 46.3 Å². The Morgan fingerprint density at radius 3 is 2.26 bits per heavy atom. The van der Waals surface area contributed by atoms with Gasteiger partial charge in [0.05, 0.1) is 0 Å². The molecule has 0 aliphatic heterocycles. The highest BCUT2D eigenvalue weighted by atomic mass is 16.5. The van der Waals surface area contributed by atoms with Gasteiger partial charge in [-0.15, -0.1) is 0 Å². The zero-order valence-corrected chi connectivity index (χ0v) is 11.3.